The number of hydrogen-bond acceptors (Lipinski definition) is 6. The van der Waals surface area contributed by atoms with E-state index in [1.54, 1.807) is 38.7 Å². The Kier molecular flexibility index (Phi) is 6.31. The lowest BCUT2D eigenvalue weighted by atomic mass is 9.97. The molecule has 1 unspecified atom stereocenters. The molecule has 2 aromatic carbocycles. The van der Waals surface area contributed by atoms with E-state index in [0.29, 0.717) is 23.7 Å². The molecule has 1 N–H and O–H groups in total. The van der Waals surface area contributed by atoms with Crippen molar-refractivity contribution in [3.63, 3.8) is 0 Å². The Hall–Kier alpha value is -3.61. The first-order valence-corrected chi connectivity index (χ1v) is 10.3. The van der Waals surface area contributed by atoms with Crippen molar-refractivity contribution < 1.29 is 14.3 Å². The predicted octanol–water partition coefficient (Wildman–Crippen LogP) is 4.02. The first-order valence-electron chi connectivity index (χ1n) is 10.3. The van der Waals surface area contributed by atoms with Crippen molar-refractivity contribution in [1.82, 2.24) is 9.97 Å². The summed E-state index contributed by atoms with van der Waals surface area (Å²) < 4.78 is 10.6. The van der Waals surface area contributed by atoms with Gasteiger partial charge in [0.25, 0.3) is 0 Å². The average Bonchev–Trinajstić information content (AvgIpc) is 2.84. The van der Waals surface area contributed by atoms with Gasteiger partial charge in [-0.2, -0.15) is 0 Å². The van der Waals surface area contributed by atoms with E-state index in [1.165, 1.54) is 0 Å². The number of benzene rings is 2. The van der Waals surface area contributed by atoms with Gasteiger partial charge in [-0.05, 0) is 12.8 Å². The van der Waals surface area contributed by atoms with E-state index in [4.69, 9.17) is 9.47 Å². The fourth-order valence-corrected chi connectivity index (χ4v) is 3.81. The third-order valence-electron chi connectivity index (χ3n) is 5.46. The molecule has 1 atom stereocenters. The normalized spacial score (nSPS) is 15.9. The number of ether oxygens (including phenoxy) is 2. The minimum Gasteiger partial charge on any atom is -0.497 e. The van der Waals surface area contributed by atoms with Crippen LogP contribution in [0.5, 0.6) is 11.5 Å². The largest absolute Gasteiger partial charge is 0.497 e. The highest BCUT2D eigenvalue weighted by Crippen LogP contribution is 2.28. The van der Waals surface area contributed by atoms with Crippen LogP contribution < -0.4 is 19.7 Å². The Balaban J connectivity index is 1.47. The van der Waals surface area contributed by atoms with Crippen LogP contribution in [0.25, 0.3) is 11.3 Å². The summed E-state index contributed by atoms with van der Waals surface area (Å²) in [5, 5.41) is 3.01. The average molecular weight is 418 g/mol. The Morgan fingerprint density at radius 2 is 1.77 bits per heavy atom. The molecular weight excluding hydrogens is 392 g/mol. The molecule has 1 saturated heterocycles. The molecule has 4 rings (SSSR count). The van der Waals surface area contributed by atoms with Crippen LogP contribution in [0.4, 0.5) is 11.5 Å². The molecule has 0 spiro atoms. The number of rotatable bonds is 6. The molecule has 1 aromatic heterocycles. The number of nitrogens with one attached hydrogen (secondary N) is 1. The maximum absolute atomic E-state index is 13.0. The molecule has 0 radical (unpaired) electrons. The molecule has 1 amide bonds. The van der Waals surface area contributed by atoms with Crippen molar-refractivity contribution in [2.45, 2.75) is 12.8 Å². The minimum absolute atomic E-state index is 0.0163. The summed E-state index contributed by atoms with van der Waals surface area (Å²) in [6.07, 6.45) is 3.34. The summed E-state index contributed by atoms with van der Waals surface area (Å²) in [6.45, 7) is 1.47. The van der Waals surface area contributed by atoms with Crippen LogP contribution in [-0.4, -0.2) is 43.2 Å². The molecule has 1 fully saturated rings. The van der Waals surface area contributed by atoms with Gasteiger partial charge in [0.15, 0.2) is 0 Å². The standard InChI is InChI=1S/C24H26N4O3/c1-30-20-11-19(12-21(13-20)31-2)27-24(29)18-9-6-10-28(15-18)23-14-22(25-16-26-23)17-7-4-3-5-8-17/h3-5,7-8,11-14,16,18H,6,9-10,15H2,1-2H3,(H,27,29). The van der Waals surface area contributed by atoms with Crippen molar-refractivity contribution in [3.8, 4) is 22.8 Å². The zero-order valence-corrected chi connectivity index (χ0v) is 17.7. The maximum atomic E-state index is 13.0. The summed E-state index contributed by atoms with van der Waals surface area (Å²) in [4.78, 5) is 24.0. The lowest BCUT2D eigenvalue weighted by Gasteiger charge is -2.33. The first kappa shape index (κ1) is 20.7. The van der Waals surface area contributed by atoms with Gasteiger partial charge in [-0.1, -0.05) is 30.3 Å². The van der Waals surface area contributed by atoms with E-state index in [9.17, 15) is 4.79 Å². The molecule has 0 bridgehead atoms. The molecule has 31 heavy (non-hydrogen) atoms. The summed E-state index contributed by atoms with van der Waals surface area (Å²) in [5.74, 6) is 1.96. The van der Waals surface area contributed by atoms with Gasteiger partial charge in [0.05, 0.1) is 25.8 Å². The monoisotopic (exact) mass is 418 g/mol. The van der Waals surface area contributed by atoms with Crippen molar-refractivity contribution in [3.05, 3.63) is 60.9 Å². The second kappa shape index (κ2) is 9.47. The molecule has 7 nitrogen and oxygen atoms in total. The lowest BCUT2D eigenvalue weighted by molar-refractivity contribution is -0.120. The van der Waals surface area contributed by atoms with Crippen LogP contribution in [0.1, 0.15) is 12.8 Å². The quantitative estimate of drug-likeness (QED) is 0.652. The van der Waals surface area contributed by atoms with Crippen LogP contribution >= 0.6 is 0 Å². The zero-order valence-electron chi connectivity index (χ0n) is 17.7. The third kappa shape index (κ3) is 4.94. The third-order valence-corrected chi connectivity index (χ3v) is 5.46. The predicted molar refractivity (Wildman–Crippen MR) is 121 cm³/mol. The Morgan fingerprint density at radius 3 is 2.48 bits per heavy atom. The Morgan fingerprint density at radius 1 is 1.03 bits per heavy atom. The van der Waals surface area contributed by atoms with Crippen LogP contribution in [0.2, 0.25) is 0 Å². The maximum Gasteiger partial charge on any atom is 0.229 e. The van der Waals surface area contributed by atoms with Crippen molar-refractivity contribution in [2.75, 3.05) is 37.5 Å². The topological polar surface area (TPSA) is 76.6 Å². The van der Waals surface area contributed by atoms with E-state index in [0.717, 1.165) is 36.5 Å². The fourth-order valence-electron chi connectivity index (χ4n) is 3.81. The van der Waals surface area contributed by atoms with E-state index in [1.807, 2.05) is 36.4 Å². The zero-order chi connectivity index (χ0) is 21.6. The number of anilines is 2. The van der Waals surface area contributed by atoms with Crippen LogP contribution in [0.3, 0.4) is 0 Å². The number of methoxy groups -OCH3 is 2. The van der Waals surface area contributed by atoms with Gasteiger partial charge < -0.3 is 19.7 Å². The van der Waals surface area contributed by atoms with Crippen LogP contribution in [-0.2, 0) is 4.79 Å². The Labute approximate surface area is 182 Å². The first-order chi connectivity index (χ1) is 15.2. The number of aromatic nitrogens is 2. The van der Waals surface area contributed by atoms with Gasteiger partial charge in [0.1, 0.15) is 23.6 Å². The molecular formula is C24H26N4O3. The van der Waals surface area contributed by atoms with Crippen molar-refractivity contribution in [2.24, 2.45) is 5.92 Å². The van der Waals surface area contributed by atoms with E-state index >= 15 is 0 Å². The second-order valence-electron chi connectivity index (χ2n) is 7.50. The van der Waals surface area contributed by atoms with E-state index < -0.39 is 0 Å². The number of carbonyl (C=O) groups is 1. The molecule has 0 aliphatic carbocycles. The fraction of sp³-hybridized carbons (Fsp3) is 0.292. The highest BCUT2D eigenvalue weighted by atomic mass is 16.5. The minimum atomic E-state index is -0.138. The molecule has 2 heterocycles. The number of nitrogens with zero attached hydrogens (tertiary/aromatic N) is 3. The lowest BCUT2D eigenvalue weighted by Crippen LogP contribution is -2.41. The number of hydrogen-bond donors (Lipinski definition) is 1. The van der Waals surface area contributed by atoms with E-state index in [2.05, 4.69) is 20.2 Å². The van der Waals surface area contributed by atoms with Gasteiger partial charge in [-0.3, -0.25) is 4.79 Å². The molecule has 1 aliphatic rings. The smallest absolute Gasteiger partial charge is 0.229 e. The molecule has 0 saturated carbocycles. The van der Waals surface area contributed by atoms with Crippen LogP contribution in [0.15, 0.2) is 60.9 Å². The number of carbonyl (C=O) groups excluding carboxylic acids is 1. The van der Waals surface area contributed by atoms with Gasteiger partial charge >= 0.3 is 0 Å². The summed E-state index contributed by atoms with van der Waals surface area (Å²) in [5.41, 5.74) is 2.58. The van der Waals surface area contributed by atoms with E-state index in [-0.39, 0.29) is 11.8 Å². The van der Waals surface area contributed by atoms with Crippen molar-refractivity contribution in [1.29, 1.82) is 0 Å². The highest BCUT2D eigenvalue weighted by molar-refractivity contribution is 5.93. The summed E-state index contributed by atoms with van der Waals surface area (Å²) >= 11 is 0. The second-order valence-corrected chi connectivity index (χ2v) is 7.50. The number of amides is 1. The molecule has 1 aliphatic heterocycles. The van der Waals surface area contributed by atoms with Crippen LogP contribution in [0, 0.1) is 5.92 Å². The summed E-state index contributed by atoms with van der Waals surface area (Å²) in [7, 11) is 3.18. The van der Waals surface area contributed by atoms with Gasteiger partial charge in [0, 0.05) is 48.6 Å². The molecule has 160 valence electrons. The number of piperidine rings is 1. The highest BCUT2D eigenvalue weighted by Gasteiger charge is 2.27. The molecule has 3 aromatic rings. The van der Waals surface area contributed by atoms with Crippen molar-refractivity contribution >= 4 is 17.4 Å². The van der Waals surface area contributed by atoms with Gasteiger partial charge in [0.2, 0.25) is 5.91 Å². The van der Waals surface area contributed by atoms with Gasteiger partial charge in [-0.25, -0.2) is 9.97 Å². The Bertz CT molecular complexity index is 1020. The summed E-state index contributed by atoms with van der Waals surface area (Å²) in [6, 6.07) is 17.4. The SMILES string of the molecule is COc1cc(NC(=O)C2CCCN(c3cc(-c4ccccc4)ncn3)C2)cc(OC)c1. The molecule has 7 heteroatoms. The van der Waals surface area contributed by atoms with Gasteiger partial charge in [-0.15, -0.1) is 0 Å².